The number of ether oxygens (including phenoxy) is 1. The van der Waals surface area contributed by atoms with Gasteiger partial charge in [0.1, 0.15) is 11.1 Å². The number of nitrogens with zero attached hydrogens (tertiary/aromatic N) is 2. The van der Waals surface area contributed by atoms with Gasteiger partial charge in [0.15, 0.2) is 5.82 Å². The number of hydrogen-bond acceptors (Lipinski definition) is 7. The van der Waals surface area contributed by atoms with Gasteiger partial charge < -0.3 is 10.1 Å². The lowest BCUT2D eigenvalue weighted by Gasteiger charge is -2.19. The van der Waals surface area contributed by atoms with Gasteiger partial charge in [-0.15, -0.1) is 0 Å². The van der Waals surface area contributed by atoms with Crippen LogP contribution < -0.4 is 16.6 Å². The molecule has 1 aromatic rings. The summed E-state index contributed by atoms with van der Waals surface area (Å²) in [4.78, 5) is 19.6. The molecule has 0 aromatic carbocycles. The molecule has 7 nitrogen and oxygen atoms in total. The Balaban J connectivity index is 2.91. The Morgan fingerprint density at radius 2 is 2.26 bits per heavy atom. The third kappa shape index (κ3) is 4.53. The maximum Gasteiger partial charge on any atom is 0.328 e. The van der Waals surface area contributed by atoms with Crippen molar-refractivity contribution in [3.8, 4) is 0 Å². The topological polar surface area (TPSA) is 102 Å². The Morgan fingerprint density at radius 1 is 1.58 bits per heavy atom. The van der Waals surface area contributed by atoms with Crippen molar-refractivity contribution in [1.29, 1.82) is 0 Å². The van der Waals surface area contributed by atoms with E-state index in [1.165, 1.54) is 13.3 Å². The SMILES string of the molecule is COC(=O)C(CC(C)C)Nc1nc(NN)ncc1Cl. The van der Waals surface area contributed by atoms with Crippen LogP contribution in [0.5, 0.6) is 0 Å². The number of nitrogens with one attached hydrogen (secondary N) is 2. The van der Waals surface area contributed by atoms with Crippen LogP contribution in [0.2, 0.25) is 5.02 Å². The zero-order chi connectivity index (χ0) is 14.4. The average molecular weight is 288 g/mol. The quantitative estimate of drug-likeness (QED) is 0.413. The fourth-order valence-electron chi connectivity index (χ4n) is 1.53. The summed E-state index contributed by atoms with van der Waals surface area (Å²) >= 11 is 5.97. The molecule has 0 amide bonds. The normalized spacial score (nSPS) is 12.1. The zero-order valence-corrected chi connectivity index (χ0v) is 11.9. The minimum absolute atomic E-state index is 0.208. The van der Waals surface area contributed by atoms with E-state index in [9.17, 15) is 4.79 Å². The van der Waals surface area contributed by atoms with Crippen molar-refractivity contribution in [1.82, 2.24) is 9.97 Å². The first kappa shape index (κ1) is 15.5. The Morgan fingerprint density at radius 3 is 2.79 bits per heavy atom. The average Bonchev–Trinajstić information content (AvgIpc) is 2.38. The number of halogens is 1. The third-order valence-corrected chi connectivity index (χ3v) is 2.65. The molecule has 0 aliphatic rings. The summed E-state index contributed by atoms with van der Waals surface area (Å²) in [5.74, 6) is 5.71. The largest absolute Gasteiger partial charge is 0.467 e. The van der Waals surface area contributed by atoms with Crippen LogP contribution in [-0.4, -0.2) is 29.1 Å². The molecule has 1 unspecified atom stereocenters. The highest BCUT2D eigenvalue weighted by Crippen LogP contribution is 2.21. The number of carbonyl (C=O) groups excluding carboxylic acids is 1. The van der Waals surface area contributed by atoms with Crippen molar-refractivity contribution in [3.63, 3.8) is 0 Å². The summed E-state index contributed by atoms with van der Waals surface area (Å²) in [6, 6.07) is -0.525. The maximum atomic E-state index is 11.7. The molecule has 0 bridgehead atoms. The molecule has 1 rings (SSSR count). The molecule has 1 atom stereocenters. The second-order valence-corrected chi connectivity index (χ2v) is 4.79. The Kier molecular flexibility index (Phi) is 5.78. The first-order valence-corrected chi connectivity index (χ1v) is 6.19. The van der Waals surface area contributed by atoms with Gasteiger partial charge in [0, 0.05) is 0 Å². The van der Waals surface area contributed by atoms with Crippen LogP contribution in [0, 0.1) is 5.92 Å². The highest BCUT2D eigenvalue weighted by atomic mass is 35.5. The number of rotatable bonds is 6. The number of anilines is 2. The summed E-state index contributed by atoms with van der Waals surface area (Å²) in [6.07, 6.45) is 1.99. The number of methoxy groups -OCH3 is 1. The number of hydrazine groups is 1. The van der Waals surface area contributed by atoms with Crippen molar-refractivity contribution < 1.29 is 9.53 Å². The summed E-state index contributed by atoms with van der Waals surface area (Å²) in [7, 11) is 1.34. The van der Waals surface area contributed by atoms with Gasteiger partial charge in [-0.3, -0.25) is 5.43 Å². The van der Waals surface area contributed by atoms with Crippen LogP contribution in [0.3, 0.4) is 0 Å². The van der Waals surface area contributed by atoms with Crippen LogP contribution >= 0.6 is 11.6 Å². The molecule has 0 aliphatic heterocycles. The number of esters is 1. The van der Waals surface area contributed by atoms with Gasteiger partial charge in [-0.2, -0.15) is 4.98 Å². The van der Waals surface area contributed by atoms with Crippen LogP contribution in [0.1, 0.15) is 20.3 Å². The molecule has 0 aliphatic carbocycles. The highest BCUT2D eigenvalue weighted by molar-refractivity contribution is 6.32. The van der Waals surface area contributed by atoms with Gasteiger partial charge in [-0.1, -0.05) is 25.4 Å². The van der Waals surface area contributed by atoms with Crippen molar-refractivity contribution in [2.24, 2.45) is 11.8 Å². The molecule has 0 saturated carbocycles. The van der Waals surface area contributed by atoms with Gasteiger partial charge >= 0.3 is 5.97 Å². The van der Waals surface area contributed by atoms with Crippen molar-refractivity contribution >= 4 is 29.3 Å². The Hall–Kier alpha value is -1.60. The predicted octanol–water partition coefficient (Wildman–Crippen LogP) is 1.42. The lowest BCUT2D eigenvalue weighted by Crippen LogP contribution is -2.32. The Bertz CT molecular complexity index is 441. The lowest BCUT2D eigenvalue weighted by atomic mass is 10.0. The van der Waals surface area contributed by atoms with E-state index in [0.717, 1.165) is 0 Å². The summed E-state index contributed by atoms with van der Waals surface area (Å²) in [6.45, 7) is 4.01. The monoisotopic (exact) mass is 287 g/mol. The highest BCUT2D eigenvalue weighted by Gasteiger charge is 2.22. The van der Waals surface area contributed by atoms with Gasteiger partial charge in [0.25, 0.3) is 0 Å². The fraction of sp³-hybridized carbons (Fsp3) is 0.545. The minimum atomic E-state index is -0.525. The molecule has 1 aromatic heterocycles. The van der Waals surface area contributed by atoms with Crippen LogP contribution in [0.4, 0.5) is 11.8 Å². The summed E-state index contributed by atoms with van der Waals surface area (Å²) in [5, 5.41) is 3.25. The molecular formula is C11H18ClN5O2. The predicted molar refractivity (Wildman–Crippen MR) is 73.7 cm³/mol. The molecule has 19 heavy (non-hydrogen) atoms. The van der Waals surface area contributed by atoms with Gasteiger partial charge in [0.2, 0.25) is 5.95 Å². The second kappa shape index (κ2) is 7.10. The van der Waals surface area contributed by atoms with Crippen LogP contribution in [0.25, 0.3) is 0 Å². The molecule has 4 N–H and O–H groups in total. The molecular weight excluding hydrogens is 270 g/mol. The van der Waals surface area contributed by atoms with Crippen LogP contribution in [-0.2, 0) is 9.53 Å². The molecule has 0 fully saturated rings. The van der Waals surface area contributed by atoms with Crippen LogP contribution in [0.15, 0.2) is 6.20 Å². The zero-order valence-electron chi connectivity index (χ0n) is 11.1. The third-order valence-electron chi connectivity index (χ3n) is 2.38. The van der Waals surface area contributed by atoms with E-state index in [4.69, 9.17) is 22.2 Å². The standard InChI is InChI=1S/C11H18ClN5O2/c1-6(2)4-8(10(18)19-3)15-9-7(12)5-14-11(16-9)17-13/h5-6,8H,4,13H2,1-3H3,(H2,14,15,16,17). The summed E-state index contributed by atoms with van der Waals surface area (Å²) in [5.41, 5.74) is 2.31. The van der Waals surface area contributed by atoms with Gasteiger partial charge in [-0.05, 0) is 12.3 Å². The Labute approximate surface area is 116 Å². The lowest BCUT2D eigenvalue weighted by molar-refractivity contribution is -0.141. The molecule has 1 heterocycles. The van der Waals surface area contributed by atoms with E-state index in [1.807, 2.05) is 13.8 Å². The van der Waals surface area contributed by atoms with E-state index in [0.29, 0.717) is 23.2 Å². The maximum absolute atomic E-state index is 11.7. The molecule has 0 saturated heterocycles. The summed E-state index contributed by atoms with van der Waals surface area (Å²) < 4.78 is 4.75. The van der Waals surface area contributed by atoms with Crippen molar-refractivity contribution in [3.05, 3.63) is 11.2 Å². The molecule has 8 heteroatoms. The number of nitrogens with two attached hydrogens (primary N) is 1. The minimum Gasteiger partial charge on any atom is -0.467 e. The number of aromatic nitrogens is 2. The number of carbonyl (C=O) groups is 1. The molecule has 106 valence electrons. The van der Waals surface area contributed by atoms with E-state index >= 15 is 0 Å². The van der Waals surface area contributed by atoms with Crippen molar-refractivity contribution in [2.75, 3.05) is 17.9 Å². The smallest absolute Gasteiger partial charge is 0.328 e. The van der Waals surface area contributed by atoms with E-state index in [2.05, 4.69) is 20.7 Å². The first-order chi connectivity index (χ1) is 8.97. The fourth-order valence-corrected chi connectivity index (χ4v) is 1.68. The molecule has 0 radical (unpaired) electrons. The first-order valence-electron chi connectivity index (χ1n) is 5.81. The molecule has 0 spiro atoms. The van der Waals surface area contributed by atoms with Gasteiger partial charge in [-0.25, -0.2) is 15.6 Å². The second-order valence-electron chi connectivity index (χ2n) is 4.38. The van der Waals surface area contributed by atoms with E-state index in [-0.39, 0.29) is 11.9 Å². The number of hydrogen-bond donors (Lipinski definition) is 3. The van der Waals surface area contributed by atoms with Crippen molar-refractivity contribution in [2.45, 2.75) is 26.3 Å². The van der Waals surface area contributed by atoms with E-state index < -0.39 is 6.04 Å². The van der Waals surface area contributed by atoms with E-state index in [1.54, 1.807) is 0 Å². The number of nitrogen functional groups attached to an aromatic ring is 1. The van der Waals surface area contributed by atoms with Gasteiger partial charge in [0.05, 0.1) is 13.3 Å².